The molecular formula is C7H9NO2. The summed E-state index contributed by atoms with van der Waals surface area (Å²) in [5, 5.41) is 0. The van der Waals surface area contributed by atoms with E-state index in [0.717, 1.165) is 12.0 Å². The van der Waals surface area contributed by atoms with Crippen molar-refractivity contribution in [3.05, 3.63) is 23.7 Å². The van der Waals surface area contributed by atoms with Crippen molar-refractivity contribution in [2.75, 3.05) is 0 Å². The monoisotopic (exact) mass is 139 g/mol. The van der Waals surface area contributed by atoms with Gasteiger partial charge in [0.15, 0.2) is 5.76 Å². The van der Waals surface area contributed by atoms with Crippen LogP contribution in [-0.2, 0) is 6.42 Å². The van der Waals surface area contributed by atoms with Gasteiger partial charge in [-0.2, -0.15) is 0 Å². The van der Waals surface area contributed by atoms with Crippen LogP contribution < -0.4 is 5.73 Å². The number of hydrogen-bond donors (Lipinski definition) is 1. The van der Waals surface area contributed by atoms with Crippen LogP contribution in [0.4, 0.5) is 0 Å². The van der Waals surface area contributed by atoms with Crippen molar-refractivity contribution < 1.29 is 9.21 Å². The summed E-state index contributed by atoms with van der Waals surface area (Å²) in [7, 11) is 0. The van der Waals surface area contributed by atoms with Gasteiger partial charge in [0, 0.05) is 5.56 Å². The lowest BCUT2D eigenvalue weighted by atomic mass is 10.2. The van der Waals surface area contributed by atoms with Crippen LogP contribution in [0, 0.1) is 0 Å². The van der Waals surface area contributed by atoms with Crippen molar-refractivity contribution >= 4 is 5.91 Å². The quantitative estimate of drug-likeness (QED) is 0.662. The second-order valence-electron chi connectivity index (χ2n) is 1.99. The maximum Gasteiger partial charge on any atom is 0.284 e. The first-order chi connectivity index (χ1) is 4.75. The molecule has 0 fully saturated rings. The molecule has 0 aliphatic heterocycles. The van der Waals surface area contributed by atoms with Gasteiger partial charge in [0.25, 0.3) is 5.91 Å². The fraction of sp³-hybridized carbons (Fsp3) is 0.286. The lowest BCUT2D eigenvalue weighted by Crippen LogP contribution is -2.11. The molecule has 3 heteroatoms. The van der Waals surface area contributed by atoms with Crippen molar-refractivity contribution in [1.82, 2.24) is 0 Å². The first-order valence-corrected chi connectivity index (χ1v) is 3.12. The molecule has 0 spiro atoms. The van der Waals surface area contributed by atoms with Crippen molar-refractivity contribution in [3.8, 4) is 0 Å². The van der Waals surface area contributed by atoms with Crippen LogP contribution in [0.25, 0.3) is 0 Å². The van der Waals surface area contributed by atoms with E-state index >= 15 is 0 Å². The summed E-state index contributed by atoms with van der Waals surface area (Å²) in [5.41, 5.74) is 5.87. The Balaban J connectivity index is 3.01. The highest BCUT2D eigenvalue weighted by atomic mass is 16.3. The number of rotatable bonds is 2. The zero-order valence-corrected chi connectivity index (χ0v) is 5.76. The SMILES string of the molecule is CCc1ccoc1C(N)=O. The lowest BCUT2D eigenvalue weighted by molar-refractivity contribution is 0.0972. The van der Waals surface area contributed by atoms with Crippen LogP contribution >= 0.6 is 0 Å². The first-order valence-electron chi connectivity index (χ1n) is 3.12. The zero-order chi connectivity index (χ0) is 7.56. The molecule has 0 saturated carbocycles. The molecule has 0 unspecified atom stereocenters. The second kappa shape index (κ2) is 2.56. The maximum absolute atomic E-state index is 10.6. The van der Waals surface area contributed by atoms with Crippen LogP contribution in [0.3, 0.4) is 0 Å². The molecule has 0 saturated heterocycles. The molecule has 0 radical (unpaired) electrons. The highest BCUT2D eigenvalue weighted by Gasteiger charge is 2.08. The Morgan fingerprint density at radius 1 is 1.80 bits per heavy atom. The number of primary amides is 1. The fourth-order valence-corrected chi connectivity index (χ4v) is 0.830. The van der Waals surface area contributed by atoms with E-state index in [2.05, 4.69) is 0 Å². The number of hydrogen-bond acceptors (Lipinski definition) is 2. The molecule has 54 valence electrons. The third-order valence-electron chi connectivity index (χ3n) is 1.35. The van der Waals surface area contributed by atoms with Crippen LogP contribution in [0.5, 0.6) is 0 Å². The Morgan fingerprint density at radius 2 is 2.50 bits per heavy atom. The van der Waals surface area contributed by atoms with Crippen LogP contribution in [0.2, 0.25) is 0 Å². The molecule has 1 aromatic heterocycles. The van der Waals surface area contributed by atoms with Gasteiger partial charge in [-0.3, -0.25) is 4.79 Å². The second-order valence-corrected chi connectivity index (χ2v) is 1.99. The normalized spacial score (nSPS) is 9.70. The van der Waals surface area contributed by atoms with Gasteiger partial charge in [-0.05, 0) is 12.5 Å². The third kappa shape index (κ3) is 1.03. The minimum absolute atomic E-state index is 0.280. The summed E-state index contributed by atoms with van der Waals surface area (Å²) in [6.45, 7) is 1.94. The number of furan rings is 1. The van der Waals surface area contributed by atoms with Crippen molar-refractivity contribution in [2.45, 2.75) is 13.3 Å². The van der Waals surface area contributed by atoms with E-state index in [0.29, 0.717) is 0 Å². The van der Waals surface area contributed by atoms with Gasteiger partial charge in [0.1, 0.15) is 0 Å². The van der Waals surface area contributed by atoms with E-state index < -0.39 is 5.91 Å². The largest absolute Gasteiger partial charge is 0.459 e. The molecule has 1 rings (SSSR count). The fourth-order valence-electron chi connectivity index (χ4n) is 0.830. The summed E-state index contributed by atoms with van der Waals surface area (Å²) in [6.07, 6.45) is 2.24. The Hall–Kier alpha value is -1.25. The van der Waals surface area contributed by atoms with Crippen LogP contribution in [0.15, 0.2) is 16.7 Å². The molecule has 2 N–H and O–H groups in total. The summed E-state index contributed by atoms with van der Waals surface area (Å²) < 4.78 is 4.84. The van der Waals surface area contributed by atoms with E-state index in [4.69, 9.17) is 10.2 Å². The van der Waals surface area contributed by atoms with Crippen molar-refractivity contribution in [2.24, 2.45) is 5.73 Å². The van der Waals surface area contributed by atoms with Gasteiger partial charge in [-0.25, -0.2) is 0 Å². The molecule has 1 heterocycles. The van der Waals surface area contributed by atoms with E-state index in [-0.39, 0.29) is 5.76 Å². The third-order valence-corrected chi connectivity index (χ3v) is 1.35. The van der Waals surface area contributed by atoms with Gasteiger partial charge in [-0.1, -0.05) is 6.92 Å². The Labute approximate surface area is 58.8 Å². The Morgan fingerprint density at radius 3 is 2.90 bits per heavy atom. The molecule has 0 aliphatic carbocycles. The number of amides is 1. The first kappa shape index (κ1) is 6.86. The maximum atomic E-state index is 10.6. The number of carbonyl (C=O) groups is 1. The summed E-state index contributed by atoms with van der Waals surface area (Å²) >= 11 is 0. The average Bonchev–Trinajstić information content (AvgIpc) is 2.33. The van der Waals surface area contributed by atoms with Gasteiger partial charge < -0.3 is 10.2 Å². The van der Waals surface area contributed by atoms with Crippen molar-refractivity contribution in [1.29, 1.82) is 0 Å². The van der Waals surface area contributed by atoms with Crippen LogP contribution in [0.1, 0.15) is 23.0 Å². The predicted molar refractivity (Wildman–Crippen MR) is 36.6 cm³/mol. The highest BCUT2D eigenvalue weighted by Crippen LogP contribution is 2.09. The van der Waals surface area contributed by atoms with E-state index in [9.17, 15) is 4.79 Å². The summed E-state index contributed by atoms with van der Waals surface area (Å²) in [4.78, 5) is 10.6. The van der Waals surface area contributed by atoms with Gasteiger partial charge in [-0.15, -0.1) is 0 Å². The van der Waals surface area contributed by atoms with Crippen molar-refractivity contribution in [3.63, 3.8) is 0 Å². The number of nitrogens with two attached hydrogens (primary N) is 1. The summed E-state index contributed by atoms with van der Waals surface area (Å²) in [6, 6.07) is 1.75. The molecule has 10 heavy (non-hydrogen) atoms. The number of carbonyl (C=O) groups excluding carboxylic acids is 1. The highest BCUT2D eigenvalue weighted by molar-refractivity contribution is 5.91. The topological polar surface area (TPSA) is 56.2 Å². The van der Waals surface area contributed by atoms with E-state index in [1.54, 1.807) is 6.07 Å². The molecule has 0 aromatic carbocycles. The van der Waals surface area contributed by atoms with Crippen LogP contribution in [-0.4, -0.2) is 5.91 Å². The van der Waals surface area contributed by atoms with E-state index in [1.165, 1.54) is 6.26 Å². The zero-order valence-electron chi connectivity index (χ0n) is 5.76. The minimum Gasteiger partial charge on any atom is -0.459 e. The van der Waals surface area contributed by atoms with Gasteiger partial charge >= 0.3 is 0 Å². The van der Waals surface area contributed by atoms with E-state index in [1.807, 2.05) is 6.92 Å². The number of aryl methyl sites for hydroxylation is 1. The summed E-state index contributed by atoms with van der Waals surface area (Å²) in [5.74, 6) is -0.218. The predicted octanol–water partition coefficient (Wildman–Crippen LogP) is 0.941. The Bertz CT molecular complexity index is 240. The molecule has 3 nitrogen and oxygen atoms in total. The smallest absolute Gasteiger partial charge is 0.284 e. The lowest BCUT2D eigenvalue weighted by Gasteiger charge is -1.91. The van der Waals surface area contributed by atoms with Gasteiger partial charge in [0.05, 0.1) is 6.26 Å². The molecule has 0 atom stereocenters. The Kier molecular flexibility index (Phi) is 1.76. The standard InChI is InChI=1S/C7H9NO2/c1-2-5-3-4-10-6(5)7(8)9/h3-4H,2H2,1H3,(H2,8,9). The average molecular weight is 139 g/mol. The van der Waals surface area contributed by atoms with Gasteiger partial charge in [0.2, 0.25) is 0 Å². The molecular weight excluding hydrogens is 130 g/mol. The molecule has 1 aromatic rings. The molecule has 1 amide bonds. The molecule has 0 bridgehead atoms. The minimum atomic E-state index is -0.498. The molecule has 0 aliphatic rings.